The van der Waals surface area contributed by atoms with Crippen molar-refractivity contribution >= 4 is 27.2 Å². The Hall–Kier alpha value is -3.52. The van der Waals surface area contributed by atoms with Crippen molar-refractivity contribution < 1.29 is 4.92 Å². The summed E-state index contributed by atoms with van der Waals surface area (Å²) in [4.78, 5) is 38.6. The molecule has 0 radical (unpaired) electrons. The lowest BCUT2D eigenvalue weighted by molar-refractivity contribution is -0.384. The van der Waals surface area contributed by atoms with E-state index < -0.39 is 10.6 Å². The number of aromatic nitrogens is 2. The number of non-ortho nitro benzene ring substituents is 1. The lowest BCUT2D eigenvalue weighted by atomic mass is 10.2. The molecule has 8 heteroatoms. The maximum atomic E-state index is 13.3. The number of fused-ring (bicyclic) bond motifs is 1. The van der Waals surface area contributed by atoms with Crippen LogP contribution in [0.15, 0.2) is 64.2 Å². The fourth-order valence-electron chi connectivity index (χ4n) is 3.46. The number of aryl methyl sites for hydroxylation is 2. The van der Waals surface area contributed by atoms with E-state index in [4.69, 9.17) is 0 Å². The number of nitrogens with zero attached hydrogens (tertiary/aromatic N) is 3. The highest BCUT2D eigenvalue weighted by atomic mass is 32.1. The van der Waals surface area contributed by atoms with Crippen molar-refractivity contribution in [1.29, 1.82) is 0 Å². The minimum atomic E-state index is -0.458. The van der Waals surface area contributed by atoms with Gasteiger partial charge in [0.15, 0.2) is 0 Å². The number of hydrogen-bond donors (Lipinski definition) is 0. The van der Waals surface area contributed by atoms with Crippen molar-refractivity contribution in [3.8, 4) is 0 Å². The average Bonchev–Trinajstić information content (AvgIpc) is 3.04. The minimum absolute atomic E-state index is 0.00639. The summed E-state index contributed by atoms with van der Waals surface area (Å²) in [5.74, 6) is 0. The van der Waals surface area contributed by atoms with Crippen molar-refractivity contribution in [2.45, 2.75) is 26.9 Å². The molecule has 4 rings (SSSR count). The van der Waals surface area contributed by atoms with Crippen LogP contribution in [-0.4, -0.2) is 14.1 Å². The molecule has 30 heavy (non-hydrogen) atoms. The number of hydrogen-bond acceptors (Lipinski definition) is 5. The molecule has 0 bridgehead atoms. The van der Waals surface area contributed by atoms with Gasteiger partial charge in [0.05, 0.1) is 23.4 Å². The summed E-state index contributed by atoms with van der Waals surface area (Å²) >= 11 is 1.42. The third-order valence-electron chi connectivity index (χ3n) is 5.20. The Bertz CT molecular complexity index is 1370. The first-order chi connectivity index (χ1) is 14.4. The molecule has 4 aromatic rings. The van der Waals surface area contributed by atoms with Gasteiger partial charge in [0, 0.05) is 17.0 Å². The van der Waals surface area contributed by atoms with E-state index in [1.807, 2.05) is 44.2 Å². The van der Waals surface area contributed by atoms with Crippen LogP contribution in [0.2, 0.25) is 0 Å². The van der Waals surface area contributed by atoms with Gasteiger partial charge < -0.3 is 0 Å². The van der Waals surface area contributed by atoms with E-state index in [0.29, 0.717) is 10.2 Å². The Kier molecular flexibility index (Phi) is 5.09. The van der Waals surface area contributed by atoms with Gasteiger partial charge in [0.1, 0.15) is 4.83 Å². The molecule has 0 atom stereocenters. The molecule has 152 valence electrons. The zero-order chi connectivity index (χ0) is 21.4. The van der Waals surface area contributed by atoms with E-state index >= 15 is 0 Å². The largest absolute Gasteiger partial charge is 0.332 e. The van der Waals surface area contributed by atoms with Crippen LogP contribution in [0.5, 0.6) is 0 Å². The third kappa shape index (κ3) is 3.46. The first-order valence-electron chi connectivity index (χ1n) is 9.37. The molecule has 2 aromatic heterocycles. The highest BCUT2D eigenvalue weighted by molar-refractivity contribution is 7.18. The lowest BCUT2D eigenvalue weighted by Gasteiger charge is -2.12. The monoisotopic (exact) mass is 421 g/mol. The maximum absolute atomic E-state index is 13.3. The molecule has 0 aliphatic carbocycles. The summed E-state index contributed by atoms with van der Waals surface area (Å²) in [7, 11) is 0. The van der Waals surface area contributed by atoms with Gasteiger partial charge in [0.2, 0.25) is 0 Å². The van der Waals surface area contributed by atoms with Gasteiger partial charge in [-0.2, -0.15) is 0 Å². The van der Waals surface area contributed by atoms with Crippen molar-refractivity contribution in [3.05, 3.63) is 107 Å². The summed E-state index contributed by atoms with van der Waals surface area (Å²) in [5, 5.41) is 11.5. The lowest BCUT2D eigenvalue weighted by Crippen LogP contribution is -2.40. The van der Waals surface area contributed by atoms with E-state index in [1.54, 1.807) is 16.7 Å². The first-order valence-corrected chi connectivity index (χ1v) is 10.2. The normalized spacial score (nSPS) is 11.1. The van der Waals surface area contributed by atoms with Crippen LogP contribution in [0, 0.1) is 24.0 Å². The molecule has 2 heterocycles. The van der Waals surface area contributed by atoms with Gasteiger partial charge in [0.25, 0.3) is 11.2 Å². The SMILES string of the molecule is Cc1sc2c(c1C)c(=O)n(Cc1ccccc1)c(=O)n2Cc1ccc([N+](=O)[O-])cc1. The van der Waals surface area contributed by atoms with Gasteiger partial charge in [-0.25, -0.2) is 4.79 Å². The van der Waals surface area contributed by atoms with Crippen LogP contribution in [0.25, 0.3) is 10.2 Å². The highest BCUT2D eigenvalue weighted by Gasteiger charge is 2.19. The van der Waals surface area contributed by atoms with Gasteiger partial charge >= 0.3 is 5.69 Å². The Morgan fingerprint density at radius 1 is 0.900 bits per heavy atom. The zero-order valence-electron chi connectivity index (χ0n) is 16.5. The second kappa shape index (κ2) is 7.72. The average molecular weight is 421 g/mol. The van der Waals surface area contributed by atoms with E-state index in [-0.39, 0.29) is 24.3 Å². The Labute approximate surface area is 175 Å². The second-order valence-electron chi connectivity index (χ2n) is 7.13. The minimum Gasteiger partial charge on any atom is -0.280 e. The fraction of sp³-hybridized carbons (Fsp3) is 0.182. The van der Waals surface area contributed by atoms with Gasteiger partial charge in [-0.15, -0.1) is 11.3 Å². The van der Waals surface area contributed by atoms with Crippen molar-refractivity contribution in [2.24, 2.45) is 0 Å². The predicted molar refractivity (Wildman–Crippen MR) is 118 cm³/mol. The van der Waals surface area contributed by atoms with Crippen molar-refractivity contribution in [3.63, 3.8) is 0 Å². The molecule has 2 aromatic carbocycles. The number of rotatable bonds is 5. The number of nitro groups is 1. The molecule has 0 aliphatic heterocycles. The van der Waals surface area contributed by atoms with Crippen LogP contribution in [0.1, 0.15) is 21.6 Å². The Morgan fingerprint density at radius 2 is 1.50 bits per heavy atom. The van der Waals surface area contributed by atoms with Crippen molar-refractivity contribution in [2.75, 3.05) is 0 Å². The molecule has 0 saturated carbocycles. The topological polar surface area (TPSA) is 87.1 Å². The van der Waals surface area contributed by atoms with Crippen LogP contribution in [0.3, 0.4) is 0 Å². The second-order valence-corrected chi connectivity index (χ2v) is 8.34. The smallest absolute Gasteiger partial charge is 0.280 e. The van der Waals surface area contributed by atoms with Gasteiger partial charge in [-0.1, -0.05) is 42.5 Å². The first kappa shape index (κ1) is 19.8. The van der Waals surface area contributed by atoms with Crippen molar-refractivity contribution in [1.82, 2.24) is 9.13 Å². The molecular formula is C22H19N3O4S. The molecule has 0 fully saturated rings. The molecule has 0 saturated heterocycles. The molecule has 0 aliphatic rings. The quantitative estimate of drug-likeness (QED) is 0.362. The summed E-state index contributed by atoms with van der Waals surface area (Å²) in [6, 6.07) is 15.5. The fourth-order valence-corrected chi connectivity index (χ4v) is 4.60. The van der Waals surface area contributed by atoms with E-state index in [0.717, 1.165) is 21.6 Å². The Morgan fingerprint density at radius 3 is 2.13 bits per heavy atom. The Balaban J connectivity index is 1.89. The van der Waals surface area contributed by atoms with E-state index in [2.05, 4.69) is 0 Å². The standard InChI is InChI=1S/C22H19N3O4S/c1-14-15(2)30-21-19(14)20(26)23(12-16-6-4-3-5-7-16)22(27)24(21)13-17-8-10-18(11-9-17)25(28)29/h3-11H,12-13H2,1-2H3. The highest BCUT2D eigenvalue weighted by Crippen LogP contribution is 2.27. The van der Waals surface area contributed by atoms with Crippen LogP contribution >= 0.6 is 11.3 Å². The van der Waals surface area contributed by atoms with Gasteiger partial charge in [-0.3, -0.25) is 24.0 Å². The number of nitro benzene ring substituents is 1. The van der Waals surface area contributed by atoms with Crippen LogP contribution < -0.4 is 11.2 Å². The summed E-state index contributed by atoms with van der Waals surface area (Å²) in [6.07, 6.45) is 0. The van der Waals surface area contributed by atoms with Crippen LogP contribution in [-0.2, 0) is 13.1 Å². The third-order valence-corrected chi connectivity index (χ3v) is 6.43. The molecule has 0 unspecified atom stereocenters. The summed E-state index contributed by atoms with van der Waals surface area (Å²) < 4.78 is 2.85. The molecule has 0 N–H and O–H groups in total. The molecule has 0 spiro atoms. The van der Waals surface area contributed by atoms with Gasteiger partial charge in [-0.05, 0) is 30.5 Å². The molecule has 0 amide bonds. The van der Waals surface area contributed by atoms with E-state index in [9.17, 15) is 19.7 Å². The summed E-state index contributed by atoms with van der Waals surface area (Å²) in [6.45, 7) is 4.23. The predicted octanol–water partition coefficient (Wildman–Crippen LogP) is 3.85. The van der Waals surface area contributed by atoms with Crippen LogP contribution in [0.4, 0.5) is 5.69 Å². The van der Waals surface area contributed by atoms with E-state index in [1.165, 1.54) is 28.0 Å². The number of thiophene rings is 1. The molecular weight excluding hydrogens is 402 g/mol. The zero-order valence-corrected chi connectivity index (χ0v) is 17.3. The molecule has 7 nitrogen and oxygen atoms in total. The number of benzene rings is 2. The maximum Gasteiger partial charge on any atom is 0.332 e. The summed E-state index contributed by atoms with van der Waals surface area (Å²) in [5.41, 5.74) is 1.80.